The van der Waals surface area contributed by atoms with Gasteiger partial charge in [0.25, 0.3) is 5.56 Å². The van der Waals surface area contributed by atoms with Crippen LogP contribution in [-0.4, -0.2) is 28.0 Å². The van der Waals surface area contributed by atoms with Crippen LogP contribution >= 0.6 is 0 Å². The molecule has 0 aliphatic carbocycles. The molecule has 0 saturated heterocycles. The zero-order valence-corrected chi connectivity index (χ0v) is 9.03. The second-order valence-corrected chi connectivity index (χ2v) is 3.99. The van der Waals surface area contributed by atoms with Gasteiger partial charge in [0.15, 0.2) is 0 Å². The van der Waals surface area contributed by atoms with E-state index in [4.69, 9.17) is 5.11 Å². The third kappa shape index (κ3) is 4.12. The fourth-order valence-electron chi connectivity index (χ4n) is 1.44. The normalized spacial score (nSPS) is 12.8. The first-order chi connectivity index (χ1) is 7.11. The minimum atomic E-state index is -0.249. The topological polar surface area (TPSA) is 78.0 Å². The molecule has 0 amide bonds. The van der Waals surface area contributed by atoms with Gasteiger partial charge in [-0.05, 0) is 12.3 Å². The summed E-state index contributed by atoms with van der Waals surface area (Å²) in [6.07, 6.45) is 2.38. The van der Waals surface area contributed by atoms with E-state index in [1.54, 1.807) is 0 Å². The predicted octanol–water partition coefficient (Wildman–Crippen LogP) is 0.589. The van der Waals surface area contributed by atoms with Crippen LogP contribution in [0.4, 0.5) is 5.69 Å². The van der Waals surface area contributed by atoms with Crippen molar-refractivity contribution in [2.75, 3.05) is 11.9 Å². The molecule has 0 bridgehead atoms. The Morgan fingerprint density at radius 3 is 2.87 bits per heavy atom. The summed E-state index contributed by atoms with van der Waals surface area (Å²) >= 11 is 0. The summed E-state index contributed by atoms with van der Waals surface area (Å²) in [6, 6.07) is 1.39. The maximum atomic E-state index is 11.0. The van der Waals surface area contributed by atoms with Crippen LogP contribution in [0.3, 0.4) is 0 Å². The van der Waals surface area contributed by atoms with E-state index in [1.807, 2.05) is 0 Å². The molecule has 15 heavy (non-hydrogen) atoms. The third-order valence-corrected chi connectivity index (χ3v) is 2.01. The summed E-state index contributed by atoms with van der Waals surface area (Å²) in [5.74, 6) is 0.490. The van der Waals surface area contributed by atoms with Gasteiger partial charge < -0.3 is 10.4 Å². The molecule has 0 saturated carbocycles. The second kappa shape index (κ2) is 5.50. The Bertz CT molecular complexity index is 349. The minimum Gasteiger partial charge on any atom is -0.394 e. The molecule has 1 rings (SSSR count). The Morgan fingerprint density at radius 2 is 2.33 bits per heavy atom. The van der Waals surface area contributed by atoms with Crippen LogP contribution in [0.15, 0.2) is 17.1 Å². The van der Waals surface area contributed by atoms with Gasteiger partial charge in [-0.25, -0.2) is 5.10 Å². The van der Waals surface area contributed by atoms with Crippen LogP contribution in [0.5, 0.6) is 0 Å². The average Bonchev–Trinajstić information content (AvgIpc) is 2.16. The molecule has 1 unspecified atom stereocenters. The summed E-state index contributed by atoms with van der Waals surface area (Å²) in [5.41, 5.74) is 0.389. The smallest absolute Gasteiger partial charge is 0.266 e. The molecule has 0 aliphatic heterocycles. The Hall–Kier alpha value is -1.36. The summed E-state index contributed by atoms with van der Waals surface area (Å²) in [4.78, 5) is 11.0. The number of aliphatic hydroxyl groups is 1. The average molecular weight is 211 g/mol. The van der Waals surface area contributed by atoms with Crippen molar-refractivity contribution in [2.24, 2.45) is 5.92 Å². The Morgan fingerprint density at radius 1 is 1.60 bits per heavy atom. The summed E-state index contributed by atoms with van der Waals surface area (Å²) in [5, 5.41) is 18.2. The molecular weight excluding hydrogens is 194 g/mol. The van der Waals surface area contributed by atoms with Crippen molar-refractivity contribution in [1.82, 2.24) is 10.2 Å². The van der Waals surface area contributed by atoms with Crippen molar-refractivity contribution in [1.29, 1.82) is 0 Å². The first-order valence-electron chi connectivity index (χ1n) is 5.04. The first-order valence-corrected chi connectivity index (χ1v) is 5.04. The fourth-order valence-corrected chi connectivity index (χ4v) is 1.44. The highest BCUT2D eigenvalue weighted by Crippen LogP contribution is 2.09. The monoisotopic (exact) mass is 211 g/mol. The van der Waals surface area contributed by atoms with Crippen molar-refractivity contribution in [2.45, 2.75) is 26.3 Å². The van der Waals surface area contributed by atoms with Crippen LogP contribution < -0.4 is 10.9 Å². The van der Waals surface area contributed by atoms with E-state index < -0.39 is 0 Å². The second-order valence-electron chi connectivity index (χ2n) is 3.99. The zero-order valence-electron chi connectivity index (χ0n) is 9.03. The SMILES string of the molecule is CC(C)CC(CO)Nc1cn[nH]c(=O)c1. The quantitative estimate of drug-likeness (QED) is 0.666. The van der Waals surface area contributed by atoms with E-state index in [9.17, 15) is 4.79 Å². The van der Waals surface area contributed by atoms with E-state index in [1.165, 1.54) is 12.3 Å². The lowest BCUT2D eigenvalue weighted by Crippen LogP contribution is -2.26. The van der Waals surface area contributed by atoms with Crippen LogP contribution in [0.25, 0.3) is 0 Å². The van der Waals surface area contributed by atoms with Crippen molar-refractivity contribution < 1.29 is 5.11 Å². The molecule has 3 N–H and O–H groups in total. The summed E-state index contributed by atoms with van der Waals surface area (Å²) in [6.45, 7) is 4.21. The number of aromatic amines is 1. The first kappa shape index (κ1) is 11.7. The van der Waals surface area contributed by atoms with Gasteiger partial charge >= 0.3 is 0 Å². The van der Waals surface area contributed by atoms with Gasteiger partial charge in [-0.3, -0.25) is 4.79 Å². The molecule has 1 aromatic heterocycles. The van der Waals surface area contributed by atoms with Gasteiger partial charge in [-0.1, -0.05) is 13.8 Å². The molecule has 0 fully saturated rings. The van der Waals surface area contributed by atoms with Crippen molar-refractivity contribution >= 4 is 5.69 Å². The lowest BCUT2D eigenvalue weighted by atomic mass is 10.0. The van der Waals surface area contributed by atoms with Gasteiger partial charge in [0.1, 0.15) is 0 Å². The Balaban J connectivity index is 2.62. The van der Waals surface area contributed by atoms with Gasteiger partial charge in [0.2, 0.25) is 0 Å². The Labute approximate surface area is 88.5 Å². The molecule has 0 aromatic carbocycles. The number of aromatic nitrogens is 2. The van der Waals surface area contributed by atoms with E-state index in [-0.39, 0.29) is 18.2 Å². The third-order valence-electron chi connectivity index (χ3n) is 2.01. The molecule has 0 radical (unpaired) electrons. The number of H-pyrrole nitrogens is 1. The lowest BCUT2D eigenvalue weighted by Gasteiger charge is -2.18. The molecule has 5 nitrogen and oxygen atoms in total. The lowest BCUT2D eigenvalue weighted by molar-refractivity contribution is 0.259. The van der Waals surface area contributed by atoms with Crippen molar-refractivity contribution in [3.8, 4) is 0 Å². The van der Waals surface area contributed by atoms with Gasteiger partial charge in [0, 0.05) is 12.1 Å². The van der Waals surface area contributed by atoms with Crippen LogP contribution in [-0.2, 0) is 0 Å². The predicted molar refractivity (Wildman–Crippen MR) is 58.8 cm³/mol. The highest BCUT2D eigenvalue weighted by Gasteiger charge is 2.09. The zero-order chi connectivity index (χ0) is 11.3. The molecule has 1 heterocycles. The maximum Gasteiger partial charge on any atom is 0.266 e. The summed E-state index contributed by atoms with van der Waals surface area (Å²) < 4.78 is 0. The van der Waals surface area contributed by atoms with Gasteiger partial charge in [0.05, 0.1) is 18.5 Å². The maximum absolute atomic E-state index is 11.0. The minimum absolute atomic E-state index is 0.0337. The highest BCUT2D eigenvalue weighted by molar-refractivity contribution is 5.39. The largest absolute Gasteiger partial charge is 0.394 e. The highest BCUT2D eigenvalue weighted by atomic mass is 16.3. The molecule has 84 valence electrons. The number of nitrogens with one attached hydrogen (secondary N) is 2. The van der Waals surface area contributed by atoms with E-state index >= 15 is 0 Å². The number of nitrogens with zero attached hydrogens (tertiary/aromatic N) is 1. The number of hydrogen-bond acceptors (Lipinski definition) is 4. The van der Waals surface area contributed by atoms with Gasteiger partial charge in [-0.15, -0.1) is 0 Å². The van der Waals surface area contributed by atoms with Gasteiger partial charge in [-0.2, -0.15) is 5.10 Å². The number of anilines is 1. The Kier molecular flexibility index (Phi) is 4.30. The van der Waals surface area contributed by atoms with Crippen LogP contribution in [0, 0.1) is 5.92 Å². The molecule has 0 aliphatic rings. The van der Waals surface area contributed by atoms with E-state index in [0.29, 0.717) is 11.6 Å². The number of rotatable bonds is 5. The fraction of sp³-hybridized carbons (Fsp3) is 0.600. The summed E-state index contributed by atoms with van der Waals surface area (Å²) in [7, 11) is 0. The number of hydrogen-bond donors (Lipinski definition) is 3. The number of aliphatic hydroxyl groups excluding tert-OH is 1. The van der Waals surface area contributed by atoms with E-state index in [2.05, 4.69) is 29.4 Å². The van der Waals surface area contributed by atoms with Crippen molar-refractivity contribution in [3.05, 3.63) is 22.6 Å². The van der Waals surface area contributed by atoms with E-state index in [0.717, 1.165) is 6.42 Å². The molecule has 0 spiro atoms. The van der Waals surface area contributed by atoms with Crippen LogP contribution in [0.2, 0.25) is 0 Å². The molecule has 5 heteroatoms. The van der Waals surface area contributed by atoms with Crippen molar-refractivity contribution in [3.63, 3.8) is 0 Å². The molecule has 1 atom stereocenters. The molecule has 1 aromatic rings. The van der Waals surface area contributed by atoms with Crippen LogP contribution in [0.1, 0.15) is 20.3 Å². The standard InChI is InChI=1S/C10H17N3O2/c1-7(2)3-9(6-14)12-8-4-10(15)13-11-5-8/h4-5,7,9,14H,3,6H2,1-2H3,(H2,12,13,15). The molecular formula is C10H17N3O2.